The zero-order valence-corrected chi connectivity index (χ0v) is 15.7. The molecule has 1 atom stereocenters. The predicted molar refractivity (Wildman–Crippen MR) is 107 cm³/mol. The molecule has 148 valence electrons. The Morgan fingerprint density at radius 1 is 1.17 bits per heavy atom. The molecular weight excluding hydrogens is 376 g/mol. The molecule has 1 N–H and O–H groups in total. The molecule has 1 unspecified atom stereocenters. The highest BCUT2D eigenvalue weighted by Gasteiger charge is 2.27. The lowest BCUT2D eigenvalue weighted by Gasteiger charge is -2.26. The summed E-state index contributed by atoms with van der Waals surface area (Å²) < 4.78 is 29.1. The second kappa shape index (κ2) is 7.62. The second-order valence-corrected chi connectivity index (χ2v) is 7.27. The quantitative estimate of drug-likeness (QED) is 0.619. The van der Waals surface area contributed by atoms with Crippen molar-refractivity contribution in [3.05, 3.63) is 70.9 Å². The second-order valence-electron chi connectivity index (χ2n) is 7.27. The summed E-state index contributed by atoms with van der Waals surface area (Å²) >= 11 is 0. The number of alkyl halides is 2. The molecule has 0 amide bonds. The first-order valence-corrected chi connectivity index (χ1v) is 9.33. The number of aromatic nitrogens is 1. The number of aromatic carboxylic acids is 1. The molecule has 0 fully saturated rings. The summed E-state index contributed by atoms with van der Waals surface area (Å²) in [5.74, 6) is -0.602. The van der Waals surface area contributed by atoms with Crippen LogP contribution in [0.15, 0.2) is 48.5 Å². The van der Waals surface area contributed by atoms with Crippen molar-refractivity contribution >= 4 is 28.5 Å². The van der Waals surface area contributed by atoms with Crippen LogP contribution >= 0.6 is 0 Å². The molecule has 1 aliphatic rings. The van der Waals surface area contributed by atoms with Gasteiger partial charge in [-0.25, -0.2) is 9.78 Å². The number of hydrogen-bond donors (Lipinski definition) is 1. The summed E-state index contributed by atoms with van der Waals surface area (Å²) in [4.78, 5) is 16.8. The van der Waals surface area contributed by atoms with Crippen LogP contribution < -0.4 is 4.74 Å². The lowest BCUT2D eigenvalue weighted by atomic mass is 9.80. The lowest BCUT2D eigenvalue weighted by Crippen LogP contribution is -2.17. The van der Waals surface area contributed by atoms with E-state index in [4.69, 9.17) is 4.98 Å². The summed E-state index contributed by atoms with van der Waals surface area (Å²) in [6.45, 7) is -0.783. The van der Waals surface area contributed by atoms with Crippen molar-refractivity contribution in [2.24, 2.45) is 5.92 Å². The highest BCUT2D eigenvalue weighted by atomic mass is 19.3. The average molecular weight is 395 g/mol. The van der Waals surface area contributed by atoms with Crippen LogP contribution in [-0.4, -0.2) is 22.7 Å². The van der Waals surface area contributed by atoms with Gasteiger partial charge in [-0.15, -0.1) is 0 Å². The van der Waals surface area contributed by atoms with Crippen LogP contribution in [0.5, 0.6) is 5.75 Å². The van der Waals surface area contributed by atoms with Gasteiger partial charge in [0, 0.05) is 5.39 Å². The molecule has 3 aromatic rings. The first kappa shape index (κ1) is 19.1. The van der Waals surface area contributed by atoms with Crippen LogP contribution in [0.1, 0.15) is 40.5 Å². The molecule has 1 heterocycles. The molecule has 0 radical (unpaired) electrons. The molecule has 0 spiro atoms. The molecule has 2 aromatic carbocycles. The maximum Gasteiger partial charge on any atom is 0.387 e. The Labute approximate surface area is 166 Å². The van der Waals surface area contributed by atoms with Gasteiger partial charge in [-0.3, -0.25) is 0 Å². The molecule has 29 heavy (non-hydrogen) atoms. The molecule has 0 saturated heterocycles. The minimum absolute atomic E-state index is 0.0943. The minimum Gasteiger partial charge on any atom is -0.478 e. The van der Waals surface area contributed by atoms with Gasteiger partial charge in [0.05, 0.1) is 16.8 Å². The Kier molecular flexibility index (Phi) is 5.01. The largest absolute Gasteiger partial charge is 0.478 e. The first-order valence-electron chi connectivity index (χ1n) is 9.33. The van der Waals surface area contributed by atoms with Gasteiger partial charge in [0.25, 0.3) is 0 Å². The smallest absolute Gasteiger partial charge is 0.387 e. The topological polar surface area (TPSA) is 59.4 Å². The van der Waals surface area contributed by atoms with Crippen molar-refractivity contribution in [3.63, 3.8) is 0 Å². The van der Waals surface area contributed by atoms with Gasteiger partial charge in [0.15, 0.2) is 0 Å². The molecule has 0 aliphatic heterocycles. The zero-order chi connectivity index (χ0) is 20.5. The molecule has 0 bridgehead atoms. The molecule has 0 saturated carbocycles. The summed E-state index contributed by atoms with van der Waals surface area (Å²) in [5, 5.41) is 10.5. The standard InChI is InChI=1S/C23H19F2NO3/c1-13-10-15(12-14-6-8-16(9-7-14)29-23(24)25)21-18(11-13)20(22(27)28)17-4-2-3-5-19(17)26-21/h2-9,12-13,23H,10-11H2,1H3,(H,27,28). The van der Waals surface area contributed by atoms with Crippen molar-refractivity contribution in [1.29, 1.82) is 0 Å². The van der Waals surface area contributed by atoms with Crippen LogP contribution in [0.3, 0.4) is 0 Å². The summed E-state index contributed by atoms with van der Waals surface area (Å²) in [6, 6.07) is 13.6. The Balaban J connectivity index is 1.83. The lowest BCUT2D eigenvalue weighted by molar-refractivity contribution is -0.0498. The highest BCUT2D eigenvalue weighted by molar-refractivity contribution is 6.05. The van der Waals surface area contributed by atoms with Crippen molar-refractivity contribution in [3.8, 4) is 5.75 Å². The van der Waals surface area contributed by atoms with Crippen LogP contribution in [-0.2, 0) is 6.42 Å². The van der Waals surface area contributed by atoms with Crippen molar-refractivity contribution < 1.29 is 23.4 Å². The maximum absolute atomic E-state index is 12.3. The van der Waals surface area contributed by atoms with Gasteiger partial charge in [-0.1, -0.05) is 37.3 Å². The van der Waals surface area contributed by atoms with Crippen LogP contribution in [0, 0.1) is 5.92 Å². The fourth-order valence-electron chi connectivity index (χ4n) is 3.93. The third kappa shape index (κ3) is 3.83. The average Bonchev–Trinajstić information content (AvgIpc) is 2.67. The molecule has 4 rings (SSSR count). The van der Waals surface area contributed by atoms with Gasteiger partial charge in [-0.2, -0.15) is 8.78 Å². The summed E-state index contributed by atoms with van der Waals surface area (Å²) in [7, 11) is 0. The number of carboxylic acids is 1. The van der Waals surface area contributed by atoms with Crippen LogP contribution in [0.2, 0.25) is 0 Å². The van der Waals surface area contributed by atoms with Gasteiger partial charge in [-0.05, 0) is 59.7 Å². The van der Waals surface area contributed by atoms with Gasteiger partial charge in [0.2, 0.25) is 0 Å². The number of fused-ring (bicyclic) bond motifs is 2. The minimum atomic E-state index is -2.86. The number of pyridine rings is 1. The fraction of sp³-hybridized carbons (Fsp3) is 0.217. The molecule has 6 heteroatoms. The SMILES string of the molecule is CC1CC(=Cc2ccc(OC(F)F)cc2)c2nc3ccccc3c(C(=O)O)c2C1. The van der Waals surface area contributed by atoms with E-state index >= 15 is 0 Å². The third-order valence-corrected chi connectivity index (χ3v) is 5.08. The zero-order valence-electron chi connectivity index (χ0n) is 15.7. The monoisotopic (exact) mass is 395 g/mol. The molecule has 4 nitrogen and oxygen atoms in total. The first-order chi connectivity index (χ1) is 13.9. The van der Waals surface area contributed by atoms with E-state index in [2.05, 4.69) is 11.7 Å². The number of carbonyl (C=O) groups is 1. The molecule has 1 aromatic heterocycles. The predicted octanol–water partition coefficient (Wildman–Crippen LogP) is 5.66. The highest BCUT2D eigenvalue weighted by Crippen LogP contribution is 2.38. The molecular formula is C23H19F2NO3. The van der Waals surface area contributed by atoms with Gasteiger partial charge >= 0.3 is 12.6 Å². The van der Waals surface area contributed by atoms with E-state index in [0.717, 1.165) is 23.1 Å². The van der Waals surface area contributed by atoms with Crippen LogP contribution in [0.25, 0.3) is 22.6 Å². The van der Waals surface area contributed by atoms with E-state index < -0.39 is 12.6 Å². The fourth-order valence-corrected chi connectivity index (χ4v) is 3.93. The van der Waals surface area contributed by atoms with Gasteiger partial charge < -0.3 is 9.84 Å². The van der Waals surface area contributed by atoms with E-state index in [0.29, 0.717) is 28.6 Å². The number of para-hydroxylation sites is 1. The Bertz CT molecular complexity index is 1110. The van der Waals surface area contributed by atoms with Crippen LogP contribution in [0.4, 0.5) is 8.78 Å². The summed E-state index contributed by atoms with van der Waals surface area (Å²) in [6.07, 6.45) is 3.34. The number of nitrogens with zero attached hydrogens (tertiary/aromatic N) is 1. The Morgan fingerprint density at radius 3 is 2.59 bits per heavy atom. The number of ether oxygens (including phenoxy) is 1. The van der Waals surface area contributed by atoms with E-state index in [1.165, 1.54) is 12.1 Å². The number of benzene rings is 2. The summed E-state index contributed by atoms with van der Waals surface area (Å²) in [5.41, 5.74) is 4.16. The van der Waals surface area contributed by atoms with E-state index in [9.17, 15) is 18.7 Å². The van der Waals surface area contributed by atoms with E-state index in [-0.39, 0.29) is 11.7 Å². The van der Waals surface area contributed by atoms with E-state index in [1.54, 1.807) is 18.2 Å². The van der Waals surface area contributed by atoms with E-state index in [1.807, 2.05) is 24.3 Å². The number of carboxylic acid groups (broad SMARTS) is 1. The maximum atomic E-state index is 12.3. The number of halogens is 2. The normalized spacial score (nSPS) is 17.5. The third-order valence-electron chi connectivity index (χ3n) is 5.08. The Hall–Kier alpha value is -3.28. The van der Waals surface area contributed by atoms with Crippen molar-refractivity contribution in [2.45, 2.75) is 26.4 Å². The number of rotatable bonds is 4. The molecule has 1 aliphatic carbocycles. The Morgan fingerprint density at radius 2 is 1.90 bits per heavy atom. The number of allylic oxidation sites excluding steroid dienone is 1. The van der Waals surface area contributed by atoms with Gasteiger partial charge in [0.1, 0.15) is 5.75 Å². The van der Waals surface area contributed by atoms with Crippen molar-refractivity contribution in [1.82, 2.24) is 4.98 Å². The van der Waals surface area contributed by atoms with Crippen molar-refractivity contribution in [2.75, 3.05) is 0 Å². The number of hydrogen-bond acceptors (Lipinski definition) is 3.